The van der Waals surface area contributed by atoms with Gasteiger partial charge in [-0.2, -0.15) is 0 Å². The van der Waals surface area contributed by atoms with Crippen LogP contribution in [0.3, 0.4) is 0 Å². The van der Waals surface area contributed by atoms with Crippen LogP contribution in [0, 0.1) is 13.8 Å². The van der Waals surface area contributed by atoms with Crippen LogP contribution < -0.4 is 4.74 Å². The van der Waals surface area contributed by atoms with E-state index in [0.717, 1.165) is 12.1 Å². The number of ether oxygens (including phenoxy) is 3. The molecule has 0 amide bonds. The van der Waals surface area contributed by atoms with Crippen LogP contribution in [0.5, 0.6) is 34.5 Å². The molecule has 1 fully saturated rings. The first-order valence-corrected chi connectivity index (χ1v) is 12.3. The maximum absolute atomic E-state index is 13.0. The lowest BCUT2D eigenvalue weighted by molar-refractivity contribution is -0.277. The van der Waals surface area contributed by atoms with Crippen LogP contribution in [0.25, 0.3) is 0 Å². The fourth-order valence-electron chi connectivity index (χ4n) is 4.34. The van der Waals surface area contributed by atoms with Gasteiger partial charge < -0.3 is 55.1 Å². The van der Waals surface area contributed by atoms with Crippen LogP contribution in [0.15, 0.2) is 42.5 Å². The van der Waals surface area contributed by atoms with E-state index in [2.05, 4.69) is 0 Å². The molecule has 0 radical (unpaired) electrons. The van der Waals surface area contributed by atoms with E-state index in [1.807, 2.05) is 0 Å². The Morgan fingerprint density at radius 3 is 1.90 bits per heavy atom. The molecule has 4 rings (SSSR count). The molecule has 3 aromatic carbocycles. The molecule has 1 saturated heterocycles. The average molecular weight is 573 g/mol. The topological polar surface area (TPSA) is 224 Å². The van der Waals surface area contributed by atoms with Crippen molar-refractivity contribution in [1.82, 2.24) is 0 Å². The Balaban J connectivity index is 1.55. The van der Waals surface area contributed by atoms with Gasteiger partial charge in [-0.3, -0.25) is 4.79 Å². The third-order valence-corrected chi connectivity index (χ3v) is 6.71. The van der Waals surface area contributed by atoms with Gasteiger partial charge in [0.15, 0.2) is 17.2 Å². The van der Waals surface area contributed by atoms with Gasteiger partial charge in [0.05, 0.1) is 5.56 Å². The number of hydrogen-bond acceptors (Lipinski definition) is 13. The molecule has 0 spiro atoms. The zero-order chi connectivity index (χ0) is 30.2. The molecule has 0 aromatic heterocycles. The lowest BCUT2D eigenvalue weighted by Crippen LogP contribution is -2.60. The first-order chi connectivity index (χ1) is 19.3. The van der Waals surface area contributed by atoms with Gasteiger partial charge in [0.1, 0.15) is 53.8 Å². The minimum atomic E-state index is -1.85. The van der Waals surface area contributed by atoms with E-state index in [1.165, 1.54) is 26.0 Å². The second-order valence-electron chi connectivity index (χ2n) is 9.44. The number of aliphatic hydroxyl groups is 3. The summed E-state index contributed by atoms with van der Waals surface area (Å²) in [4.78, 5) is 25.4. The van der Waals surface area contributed by atoms with Crippen molar-refractivity contribution < 1.29 is 64.7 Å². The third kappa shape index (κ3) is 5.56. The molecule has 8 N–H and O–H groups in total. The Morgan fingerprint density at radius 2 is 1.34 bits per heavy atom. The van der Waals surface area contributed by atoms with Gasteiger partial charge in [0, 0.05) is 16.7 Å². The molecule has 5 unspecified atom stereocenters. The molecule has 13 nitrogen and oxygen atoms in total. The number of phenols is 5. The van der Waals surface area contributed by atoms with E-state index in [-0.39, 0.29) is 33.6 Å². The molecular weight excluding hydrogens is 544 g/mol. The highest BCUT2D eigenvalue weighted by atomic mass is 16.7. The fourth-order valence-corrected chi connectivity index (χ4v) is 4.34. The summed E-state index contributed by atoms with van der Waals surface area (Å²) in [5.41, 5.74) is -0.491. The number of hydrogen-bond donors (Lipinski definition) is 8. The number of carbonyl (C=O) groups is 2. The van der Waals surface area contributed by atoms with Crippen LogP contribution in [-0.4, -0.2) is 89.9 Å². The van der Waals surface area contributed by atoms with Crippen molar-refractivity contribution in [3.8, 4) is 34.5 Å². The summed E-state index contributed by atoms with van der Waals surface area (Å²) < 4.78 is 16.3. The lowest BCUT2D eigenvalue weighted by Gasteiger charge is -2.40. The molecule has 3 aromatic rings. The van der Waals surface area contributed by atoms with Crippen LogP contribution in [0.4, 0.5) is 0 Å². The normalized spacial score (nSPS) is 22.2. The highest BCUT2D eigenvalue weighted by Crippen LogP contribution is 2.43. The Bertz CT molecular complexity index is 1420. The van der Waals surface area contributed by atoms with Gasteiger partial charge in [-0.25, -0.2) is 4.79 Å². The van der Waals surface area contributed by atoms with Crippen LogP contribution in [-0.2, 0) is 9.47 Å². The van der Waals surface area contributed by atoms with Crippen molar-refractivity contribution in [3.63, 3.8) is 0 Å². The zero-order valence-corrected chi connectivity index (χ0v) is 21.8. The molecule has 1 aliphatic heterocycles. The molecular formula is C28H28O13. The van der Waals surface area contributed by atoms with Crippen molar-refractivity contribution in [2.75, 3.05) is 6.61 Å². The number of rotatable bonds is 7. The highest BCUT2D eigenvalue weighted by molar-refractivity contribution is 6.13. The Morgan fingerprint density at radius 1 is 0.780 bits per heavy atom. The fraction of sp³-hybridized carbons (Fsp3) is 0.286. The van der Waals surface area contributed by atoms with Crippen molar-refractivity contribution in [3.05, 3.63) is 70.3 Å². The summed E-state index contributed by atoms with van der Waals surface area (Å²) in [6, 6.07) is 9.61. The number of benzene rings is 3. The standard InChI is InChI=1S/C28H28O13/c1-11-19(31)18(21(33)13-6-4-3-5-7-13)20(32)12(2)26(11)41-28-25(37)24(36)23(35)17(40-28)10-39-27(38)14-8-15(29)22(34)16(30)9-14/h3-9,17,23-25,28-32,34-37H,10H2,1-2H3. The molecule has 1 aliphatic rings. The number of aliphatic hydroxyl groups excluding tert-OH is 3. The summed E-state index contributed by atoms with van der Waals surface area (Å²) in [7, 11) is 0. The number of ketones is 1. The molecule has 41 heavy (non-hydrogen) atoms. The van der Waals surface area contributed by atoms with Crippen molar-refractivity contribution >= 4 is 11.8 Å². The van der Waals surface area contributed by atoms with E-state index in [1.54, 1.807) is 18.2 Å². The van der Waals surface area contributed by atoms with E-state index in [4.69, 9.17) is 14.2 Å². The largest absolute Gasteiger partial charge is 0.507 e. The van der Waals surface area contributed by atoms with E-state index in [0.29, 0.717) is 0 Å². The molecule has 218 valence electrons. The quantitative estimate of drug-likeness (QED) is 0.113. The maximum atomic E-state index is 13.0. The van der Waals surface area contributed by atoms with Gasteiger partial charge in [0.2, 0.25) is 12.1 Å². The molecule has 13 heteroatoms. The number of phenolic OH excluding ortho intramolecular Hbond substituents is 5. The summed E-state index contributed by atoms with van der Waals surface area (Å²) in [5.74, 6) is -5.51. The van der Waals surface area contributed by atoms with E-state index in [9.17, 15) is 50.4 Å². The predicted molar refractivity (Wildman–Crippen MR) is 138 cm³/mol. The highest BCUT2D eigenvalue weighted by Gasteiger charge is 2.46. The first kappa shape index (κ1) is 29.4. The second-order valence-corrected chi connectivity index (χ2v) is 9.44. The van der Waals surface area contributed by atoms with Crippen molar-refractivity contribution in [2.24, 2.45) is 0 Å². The Kier molecular flexibility index (Phi) is 8.26. The summed E-state index contributed by atoms with van der Waals surface area (Å²) in [6.07, 6.45) is -8.60. The van der Waals surface area contributed by atoms with Crippen LogP contribution in [0.1, 0.15) is 37.4 Å². The number of aromatic hydroxyl groups is 5. The zero-order valence-electron chi connectivity index (χ0n) is 21.8. The first-order valence-electron chi connectivity index (χ1n) is 12.3. The molecule has 0 bridgehead atoms. The van der Waals surface area contributed by atoms with E-state index < -0.39 is 77.8 Å². The molecule has 1 heterocycles. The molecule has 5 atom stereocenters. The number of carbonyl (C=O) groups excluding carboxylic acids is 2. The summed E-state index contributed by atoms with van der Waals surface area (Å²) in [6.45, 7) is 2.09. The lowest BCUT2D eigenvalue weighted by atomic mass is 9.95. The minimum absolute atomic E-state index is 0.00548. The van der Waals surface area contributed by atoms with E-state index >= 15 is 0 Å². The van der Waals surface area contributed by atoms with Gasteiger partial charge in [0.25, 0.3) is 0 Å². The predicted octanol–water partition coefficient (Wildman–Crippen LogP) is 1.11. The van der Waals surface area contributed by atoms with Gasteiger partial charge in [-0.1, -0.05) is 30.3 Å². The summed E-state index contributed by atoms with van der Waals surface area (Å²) in [5, 5.41) is 81.6. The third-order valence-electron chi connectivity index (χ3n) is 6.71. The average Bonchev–Trinajstić information content (AvgIpc) is 2.96. The molecule has 0 aliphatic carbocycles. The molecule has 0 saturated carbocycles. The summed E-state index contributed by atoms with van der Waals surface area (Å²) >= 11 is 0. The maximum Gasteiger partial charge on any atom is 0.338 e. The minimum Gasteiger partial charge on any atom is -0.507 e. The SMILES string of the molecule is Cc1c(O)c(C(=O)c2ccccc2)c(O)c(C)c1OC1OC(COC(=O)c2cc(O)c(O)c(O)c2)C(O)C(O)C1O. The number of esters is 1. The smallest absolute Gasteiger partial charge is 0.338 e. The monoisotopic (exact) mass is 572 g/mol. The van der Waals surface area contributed by atoms with Gasteiger partial charge in [-0.15, -0.1) is 0 Å². The van der Waals surface area contributed by atoms with Crippen LogP contribution in [0.2, 0.25) is 0 Å². The Hall–Kier alpha value is -4.56. The Labute approximate surface area is 232 Å². The van der Waals surface area contributed by atoms with Gasteiger partial charge >= 0.3 is 5.97 Å². The van der Waals surface area contributed by atoms with Crippen LogP contribution >= 0.6 is 0 Å². The van der Waals surface area contributed by atoms with Crippen molar-refractivity contribution in [1.29, 1.82) is 0 Å². The van der Waals surface area contributed by atoms with Crippen molar-refractivity contribution in [2.45, 2.75) is 44.6 Å². The van der Waals surface area contributed by atoms with Gasteiger partial charge in [-0.05, 0) is 26.0 Å². The second kappa shape index (κ2) is 11.5.